The number of methoxy groups -OCH3 is 1. The van der Waals surface area contributed by atoms with Crippen molar-refractivity contribution in [2.75, 3.05) is 18.2 Å². The number of nitrogens with two attached hydrogens (primary N) is 1. The number of hydrogen-bond acceptors (Lipinski definition) is 7. The van der Waals surface area contributed by atoms with Crippen LogP contribution in [0.1, 0.15) is 22.8 Å². The number of ether oxygens (including phenoxy) is 1. The van der Waals surface area contributed by atoms with Gasteiger partial charge in [0.05, 0.1) is 17.9 Å². The van der Waals surface area contributed by atoms with E-state index in [-0.39, 0.29) is 11.7 Å². The van der Waals surface area contributed by atoms with Gasteiger partial charge in [-0.2, -0.15) is 4.98 Å². The molecule has 1 atom stereocenters. The van der Waals surface area contributed by atoms with Gasteiger partial charge in [-0.3, -0.25) is 14.2 Å². The van der Waals surface area contributed by atoms with Gasteiger partial charge < -0.3 is 15.8 Å². The predicted molar refractivity (Wildman–Crippen MR) is 121 cm³/mol. The average Bonchev–Trinajstić information content (AvgIpc) is 2.73. The molecule has 0 aliphatic carbocycles. The number of aromatic nitrogens is 2. The summed E-state index contributed by atoms with van der Waals surface area (Å²) in [7, 11) is 1.30. The molecule has 1 amide bonds. The van der Waals surface area contributed by atoms with E-state index in [0.29, 0.717) is 16.4 Å². The second kappa shape index (κ2) is 9.48. The highest BCUT2D eigenvalue weighted by Gasteiger charge is 2.20. The second-order valence-electron chi connectivity index (χ2n) is 6.79. The monoisotopic (exact) mass is 438 g/mol. The van der Waals surface area contributed by atoms with Crippen LogP contribution in [-0.4, -0.2) is 33.8 Å². The number of esters is 1. The molecule has 0 saturated heterocycles. The molecule has 0 aliphatic rings. The Kier molecular flexibility index (Phi) is 6.76. The van der Waals surface area contributed by atoms with E-state index in [9.17, 15) is 14.4 Å². The number of amides is 1. The molecule has 0 spiro atoms. The molecule has 0 bridgehead atoms. The summed E-state index contributed by atoms with van der Waals surface area (Å²) in [5, 5.41) is 2.53. The maximum Gasteiger partial charge on any atom is 0.337 e. The number of carbonyl (C=O) groups excluding carboxylic acids is 2. The summed E-state index contributed by atoms with van der Waals surface area (Å²) >= 11 is 1.12. The van der Waals surface area contributed by atoms with Crippen molar-refractivity contribution in [3.05, 3.63) is 76.1 Å². The zero-order valence-electron chi connectivity index (χ0n) is 17.3. The summed E-state index contributed by atoms with van der Waals surface area (Å²) in [5.41, 5.74) is 8.31. The Labute approximate surface area is 183 Å². The van der Waals surface area contributed by atoms with Gasteiger partial charge in [-0.1, -0.05) is 23.9 Å². The van der Waals surface area contributed by atoms with E-state index in [4.69, 9.17) is 5.73 Å². The minimum atomic E-state index is -0.579. The van der Waals surface area contributed by atoms with Crippen molar-refractivity contribution >= 4 is 35.1 Å². The van der Waals surface area contributed by atoms with Gasteiger partial charge in [0.1, 0.15) is 5.82 Å². The third-order valence-corrected chi connectivity index (χ3v) is 5.46. The van der Waals surface area contributed by atoms with Crippen LogP contribution in [-0.2, 0) is 9.53 Å². The lowest BCUT2D eigenvalue weighted by Gasteiger charge is -2.18. The highest BCUT2D eigenvalue weighted by molar-refractivity contribution is 8.00. The number of nitrogens with one attached hydrogen (secondary N) is 1. The molecule has 0 saturated carbocycles. The van der Waals surface area contributed by atoms with Crippen LogP contribution in [0.3, 0.4) is 0 Å². The predicted octanol–water partition coefficient (Wildman–Crippen LogP) is 3.03. The normalized spacial score (nSPS) is 11.6. The van der Waals surface area contributed by atoms with Gasteiger partial charge in [0.2, 0.25) is 5.91 Å². The number of hydrogen-bond donors (Lipinski definition) is 2. The van der Waals surface area contributed by atoms with Crippen molar-refractivity contribution in [1.29, 1.82) is 0 Å². The van der Waals surface area contributed by atoms with E-state index in [1.165, 1.54) is 13.2 Å². The Bertz CT molecular complexity index is 1170. The van der Waals surface area contributed by atoms with Crippen LogP contribution < -0.4 is 16.6 Å². The van der Waals surface area contributed by atoms with Gasteiger partial charge in [0, 0.05) is 17.4 Å². The lowest BCUT2D eigenvalue weighted by atomic mass is 10.2. The van der Waals surface area contributed by atoms with Crippen molar-refractivity contribution in [3.63, 3.8) is 0 Å². The second-order valence-corrected chi connectivity index (χ2v) is 8.10. The number of aryl methyl sites for hydroxylation is 1. The number of carbonyl (C=O) groups is 2. The van der Waals surface area contributed by atoms with E-state index in [0.717, 1.165) is 23.0 Å². The van der Waals surface area contributed by atoms with Gasteiger partial charge in [0.25, 0.3) is 5.56 Å². The van der Waals surface area contributed by atoms with Crippen LogP contribution in [0.2, 0.25) is 0 Å². The first-order valence-electron chi connectivity index (χ1n) is 9.41. The third kappa shape index (κ3) is 5.32. The van der Waals surface area contributed by atoms with Crippen molar-refractivity contribution < 1.29 is 14.3 Å². The molecular weight excluding hydrogens is 416 g/mol. The molecule has 0 radical (unpaired) electrons. The Morgan fingerprint density at radius 2 is 1.87 bits per heavy atom. The third-order valence-electron chi connectivity index (χ3n) is 4.41. The van der Waals surface area contributed by atoms with Crippen LogP contribution in [0.4, 0.5) is 11.5 Å². The molecule has 160 valence electrons. The molecule has 1 unspecified atom stereocenters. The molecule has 9 heteroatoms. The highest BCUT2D eigenvalue weighted by atomic mass is 32.2. The molecule has 3 N–H and O–H groups in total. The van der Waals surface area contributed by atoms with Crippen molar-refractivity contribution in [2.24, 2.45) is 0 Å². The Hall–Kier alpha value is -3.59. The molecule has 3 aromatic rings. The Balaban J connectivity index is 1.81. The van der Waals surface area contributed by atoms with E-state index in [1.807, 2.05) is 31.2 Å². The molecule has 2 aromatic carbocycles. The largest absolute Gasteiger partial charge is 0.465 e. The Morgan fingerprint density at radius 1 is 1.16 bits per heavy atom. The fourth-order valence-electron chi connectivity index (χ4n) is 2.85. The maximum absolute atomic E-state index is 12.7. The summed E-state index contributed by atoms with van der Waals surface area (Å²) in [6.45, 7) is 3.66. The molecule has 0 fully saturated rings. The van der Waals surface area contributed by atoms with Crippen LogP contribution in [0.5, 0.6) is 0 Å². The smallest absolute Gasteiger partial charge is 0.337 e. The fraction of sp³-hybridized carbons (Fsp3) is 0.182. The first kappa shape index (κ1) is 22.1. The maximum atomic E-state index is 12.7. The number of benzene rings is 2. The van der Waals surface area contributed by atoms with E-state index in [2.05, 4.69) is 15.0 Å². The lowest BCUT2D eigenvalue weighted by Crippen LogP contribution is -2.24. The molecular formula is C22H22N4O4S. The molecule has 3 rings (SSSR count). The summed E-state index contributed by atoms with van der Waals surface area (Å²) < 4.78 is 6.31. The van der Waals surface area contributed by atoms with Crippen LogP contribution in [0, 0.1) is 6.92 Å². The molecule has 1 aromatic heterocycles. The van der Waals surface area contributed by atoms with E-state index >= 15 is 0 Å². The quantitative estimate of drug-likeness (QED) is 0.345. The average molecular weight is 439 g/mol. The van der Waals surface area contributed by atoms with Gasteiger partial charge in [-0.25, -0.2) is 4.79 Å². The van der Waals surface area contributed by atoms with Gasteiger partial charge in [0.15, 0.2) is 5.16 Å². The van der Waals surface area contributed by atoms with Gasteiger partial charge >= 0.3 is 5.97 Å². The minimum absolute atomic E-state index is 0.235. The van der Waals surface area contributed by atoms with Crippen LogP contribution in [0.25, 0.3) is 5.69 Å². The van der Waals surface area contributed by atoms with E-state index in [1.54, 1.807) is 35.8 Å². The zero-order chi connectivity index (χ0) is 22.5. The molecule has 1 heterocycles. The first-order valence-corrected chi connectivity index (χ1v) is 10.3. The SMILES string of the molecule is COC(=O)c1ccc(NC(=O)C(C)Sc2nc(=O)cc(N)n2-c2cccc(C)c2)cc1. The Morgan fingerprint density at radius 3 is 2.52 bits per heavy atom. The van der Waals surface area contributed by atoms with Crippen molar-refractivity contribution in [3.8, 4) is 5.69 Å². The summed E-state index contributed by atoms with van der Waals surface area (Å²) in [5.74, 6) is -0.508. The first-order chi connectivity index (χ1) is 14.8. The summed E-state index contributed by atoms with van der Waals surface area (Å²) in [6.07, 6.45) is 0. The van der Waals surface area contributed by atoms with E-state index < -0.39 is 16.8 Å². The van der Waals surface area contributed by atoms with Crippen LogP contribution >= 0.6 is 11.8 Å². The molecule has 0 aliphatic heterocycles. The standard InChI is InChI=1S/C22H22N4O4S/c1-13-5-4-6-17(11-13)26-18(23)12-19(27)25-22(26)31-14(2)20(28)24-16-9-7-15(8-10-16)21(29)30-3/h4-12,14H,23H2,1-3H3,(H,24,28). The highest BCUT2D eigenvalue weighted by Crippen LogP contribution is 2.27. The lowest BCUT2D eigenvalue weighted by molar-refractivity contribution is -0.115. The summed E-state index contributed by atoms with van der Waals surface area (Å²) in [4.78, 5) is 40.2. The number of nitrogens with zero attached hydrogens (tertiary/aromatic N) is 2. The van der Waals surface area contributed by atoms with Gasteiger partial charge in [-0.05, 0) is 55.8 Å². The topological polar surface area (TPSA) is 116 Å². The minimum Gasteiger partial charge on any atom is -0.465 e. The zero-order valence-corrected chi connectivity index (χ0v) is 18.1. The molecule has 31 heavy (non-hydrogen) atoms. The fourth-order valence-corrected chi connectivity index (χ4v) is 3.79. The van der Waals surface area contributed by atoms with Crippen molar-refractivity contribution in [1.82, 2.24) is 9.55 Å². The molecule has 8 nitrogen and oxygen atoms in total. The number of anilines is 2. The number of rotatable bonds is 6. The van der Waals surface area contributed by atoms with Crippen molar-refractivity contribution in [2.45, 2.75) is 24.3 Å². The number of nitrogen functional groups attached to an aromatic ring is 1. The summed E-state index contributed by atoms with van der Waals surface area (Å²) in [6, 6.07) is 15.2. The van der Waals surface area contributed by atoms with Gasteiger partial charge in [-0.15, -0.1) is 0 Å². The number of thioether (sulfide) groups is 1. The van der Waals surface area contributed by atoms with Crippen LogP contribution in [0.15, 0.2) is 64.5 Å².